The standard InChI is InChI=1S/C24H28FN5O2/c1-2-26-24(28-12-10-17-15-29-20-14-18(25)8-9-19(17)20)27-11-5-13-30-21-6-3-4-7-22(21)32-16-23(30)31/h3-4,6-9,14-15,29H,2,5,10-13,16H2,1H3,(H2,26,27,28). The van der Waals surface area contributed by atoms with E-state index in [1.54, 1.807) is 11.0 Å². The minimum atomic E-state index is -0.243. The van der Waals surface area contributed by atoms with Crippen LogP contribution in [0.2, 0.25) is 0 Å². The number of hydrogen-bond donors (Lipinski definition) is 3. The van der Waals surface area contributed by atoms with Gasteiger partial charge in [0.25, 0.3) is 5.91 Å². The normalized spacial score (nSPS) is 13.8. The van der Waals surface area contributed by atoms with Gasteiger partial charge in [0.1, 0.15) is 11.6 Å². The molecule has 0 saturated carbocycles. The molecular weight excluding hydrogens is 409 g/mol. The lowest BCUT2D eigenvalue weighted by Crippen LogP contribution is -2.40. The number of carbonyl (C=O) groups excluding carboxylic acids is 1. The van der Waals surface area contributed by atoms with Gasteiger partial charge in [-0.3, -0.25) is 9.79 Å². The van der Waals surface area contributed by atoms with Gasteiger partial charge in [-0.1, -0.05) is 12.1 Å². The predicted molar refractivity (Wildman–Crippen MR) is 125 cm³/mol. The number of rotatable bonds is 8. The maximum absolute atomic E-state index is 13.4. The molecule has 0 unspecified atom stereocenters. The van der Waals surface area contributed by atoms with Crippen LogP contribution in [0.4, 0.5) is 10.1 Å². The number of nitrogens with one attached hydrogen (secondary N) is 3. The van der Waals surface area contributed by atoms with E-state index in [-0.39, 0.29) is 18.3 Å². The third-order valence-electron chi connectivity index (χ3n) is 5.38. The summed E-state index contributed by atoms with van der Waals surface area (Å²) in [4.78, 5) is 21.8. The Balaban J connectivity index is 1.29. The molecule has 0 radical (unpaired) electrons. The molecule has 1 aliphatic rings. The monoisotopic (exact) mass is 437 g/mol. The van der Waals surface area contributed by atoms with Gasteiger partial charge in [0, 0.05) is 43.3 Å². The minimum absolute atomic E-state index is 0.0312. The molecule has 0 atom stereocenters. The molecule has 8 heteroatoms. The molecule has 32 heavy (non-hydrogen) atoms. The second-order valence-corrected chi connectivity index (χ2v) is 7.60. The SMILES string of the molecule is CCNC(=NCCCN1C(=O)COc2ccccc21)NCCc1c[nH]c2cc(F)ccc12. The van der Waals surface area contributed by atoms with Crippen molar-refractivity contribution in [2.45, 2.75) is 19.8 Å². The zero-order chi connectivity index (χ0) is 22.3. The largest absolute Gasteiger partial charge is 0.482 e. The number of guanidine groups is 1. The number of hydrogen-bond acceptors (Lipinski definition) is 3. The van der Waals surface area contributed by atoms with E-state index in [9.17, 15) is 9.18 Å². The Bertz CT molecular complexity index is 1110. The van der Waals surface area contributed by atoms with Crippen LogP contribution in [0.5, 0.6) is 5.75 Å². The first-order valence-corrected chi connectivity index (χ1v) is 11.0. The fourth-order valence-electron chi connectivity index (χ4n) is 3.84. The number of halogens is 1. The third kappa shape index (κ3) is 5.01. The molecular formula is C24H28FN5O2. The second-order valence-electron chi connectivity index (χ2n) is 7.60. The Labute approximate surface area is 186 Å². The van der Waals surface area contributed by atoms with E-state index in [0.717, 1.165) is 53.2 Å². The fraction of sp³-hybridized carbons (Fsp3) is 0.333. The number of nitrogens with zero attached hydrogens (tertiary/aromatic N) is 2. The maximum Gasteiger partial charge on any atom is 0.265 e. The molecule has 168 valence electrons. The molecule has 4 rings (SSSR count). The van der Waals surface area contributed by atoms with Crippen molar-refractivity contribution in [3.8, 4) is 5.75 Å². The zero-order valence-electron chi connectivity index (χ0n) is 18.2. The lowest BCUT2D eigenvalue weighted by atomic mass is 10.1. The van der Waals surface area contributed by atoms with E-state index in [0.29, 0.717) is 19.6 Å². The molecule has 0 fully saturated rings. The van der Waals surface area contributed by atoms with E-state index in [1.807, 2.05) is 37.4 Å². The van der Waals surface area contributed by atoms with Crippen LogP contribution in [0.3, 0.4) is 0 Å². The highest BCUT2D eigenvalue weighted by Crippen LogP contribution is 2.31. The summed E-state index contributed by atoms with van der Waals surface area (Å²) in [6.07, 6.45) is 3.45. The molecule has 1 aliphatic heterocycles. The molecule has 7 nitrogen and oxygen atoms in total. The molecule has 0 bridgehead atoms. The molecule has 0 spiro atoms. The molecule has 0 aliphatic carbocycles. The molecule has 3 aromatic rings. The average molecular weight is 438 g/mol. The lowest BCUT2D eigenvalue weighted by Gasteiger charge is -2.29. The summed E-state index contributed by atoms with van der Waals surface area (Å²) < 4.78 is 18.9. The van der Waals surface area contributed by atoms with Gasteiger partial charge in [-0.25, -0.2) is 4.39 Å². The lowest BCUT2D eigenvalue weighted by molar-refractivity contribution is -0.121. The van der Waals surface area contributed by atoms with Gasteiger partial charge >= 0.3 is 0 Å². The molecule has 3 N–H and O–H groups in total. The van der Waals surface area contributed by atoms with Crippen molar-refractivity contribution in [1.82, 2.24) is 15.6 Å². The number of aliphatic imine (C=N–C) groups is 1. The Morgan fingerprint density at radius 3 is 3.00 bits per heavy atom. The van der Waals surface area contributed by atoms with Crippen LogP contribution in [0.15, 0.2) is 53.7 Å². The second kappa shape index (κ2) is 10.2. The number of amides is 1. The summed E-state index contributed by atoms with van der Waals surface area (Å²) in [5, 5.41) is 7.63. The van der Waals surface area contributed by atoms with Crippen molar-refractivity contribution >= 4 is 28.5 Å². The summed E-state index contributed by atoms with van der Waals surface area (Å²) in [5.74, 6) is 1.21. The van der Waals surface area contributed by atoms with Crippen molar-refractivity contribution in [1.29, 1.82) is 0 Å². The van der Waals surface area contributed by atoms with E-state index in [2.05, 4.69) is 20.6 Å². The Hall–Kier alpha value is -3.55. The quantitative estimate of drug-likeness (QED) is 0.287. The number of carbonyl (C=O) groups is 1. The first-order chi connectivity index (χ1) is 15.7. The highest BCUT2D eigenvalue weighted by atomic mass is 19.1. The fourth-order valence-corrected chi connectivity index (χ4v) is 3.84. The Morgan fingerprint density at radius 2 is 2.12 bits per heavy atom. The van der Waals surface area contributed by atoms with Crippen LogP contribution >= 0.6 is 0 Å². The highest BCUT2D eigenvalue weighted by Gasteiger charge is 2.24. The Kier molecular flexibility index (Phi) is 6.89. The molecule has 2 heterocycles. The number of anilines is 1. The summed E-state index contributed by atoms with van der Waals surface area (Å²) in [5.41, 5.74) is 2.75. The number of aromatic nitrogens is 1. The van der Waals surface area contributed by atoms with Crippen LogP contribution in [0.25, 0.3) is 10.9 Å². The predicted octanol–water partition coefficient (Wildman–Crippen LogP) is 3.22. The average Bonchev–Trinajstić information content (AvgIpc) is 3.19. The number of H-pyrrole nitrogens is 1. The number of ether oxygens (including phenoxy) is 1. The van der Waals surface area contributed by atoms with Crippen LogP contribution in [-0.2, 0) is 11.2 Å². The summed E-state index contributed by atoms with van der Waals surface area (Å²) in [7, 11) is 0. The summed E-state index contributed by atoms with van der Waals surface area (Å²) >= 11 is 0. The van der Waals surface area contributed by atoms with E-state index in [1.165, 1.54) is 12.1 Å². The zero-order valence-corrected chi connectivity index (χ0v) is 18.2. The molecule has 0 saturated heterocycles. The first kappa shape index (κ1) is 21.7. The topological polar surface area (TPSA) is 81.8 Å². The smallest absolute Gasteiger partial charge is 0.265 e. The molecule has 1 amide bonds. The van der Waals surface area contributed by atoms with Crippen molar-refractivity contribution in [3.63, 3.8) is 0 Å². The van der Waals surface area contributed by atoms with Crippen LogP contribution in [-0.4, -0.2) is 49.6 Å². The van der Waals surface area contributed by atoms with Crippen molar-refractivity contribution in [2.24, 2.45) is 4.99 Å². The van der Waals surface area contributed by atoms with E-state index < -0.39 is 0 Å². The van der Waals surface area contributed by atoms with Gasteiger partial charge in [-0.2, -0.15) is 0 Å². The molecule has 2 aromatic carbocycles. The number of para-hydroxylation sites is 2. The van der Waals surface area contributed by atoms with Crippen LogP contribution in [0.1, 0.15) is 18.9 Å². The van der Waals surface area contributed by atoms with Gasteiger partial charge < -0.3 is 25.3 Å². The Morgan fingerprint density at radius 1 is 1.25 bits per heavy atom. The number of fused-ring (bicyclic) bond motifs is 2. The van der Waals surface area contributed by atoms with Gasteiger partial charge in [-0.05, 0) is 55.7 Å². The first-order valence-electron chi connectivity index (χ1n) is 11.0. The van der Waals surface area contributed by atoms with Crippen LogP contribution < -0.4 is 20.3 Å². The summed E-state index contributed by atoms with van der Waals surface area (Å²) in [6.45, 7) is 4.74. The van der Waals surface area contributed by atoms with Crippen molar-refractivity contribution in [3.05, 3.63) is 60.0 Å². The van der Waals surface area contributed by atoms with Crippen molar-refractivity contribution < 1.29 is 13.9 Å². The van der Waals surface area contributed by atoms with Gasteiger partial charge in [0.05, 0.1) is 5.69 Å². The van der Waals surface area contributed by atoms with Gasteiger partial charge in [0.2, 0.25) is 0 Å². The van der Waals surface area contributed by atoms with Crippen molar-refractivity contribution in [2.75, 3.05) is 37.7 Å². The minimum Gasteiger partial charge on any atom is -0.482 e. The molecule has 1 aromatic heterocycles. The highest BCUT2D eigenvalue weighted by molar-refractivity contribution is 5.97. The number of aromatic amines is 1. The summed E-state index contributed by atoms with van der Waals surface area (Å²) in [6, 6.07) is 12.4. The van der Waals surface area contributed by atoms with Gasteiger partial charge in [-0.15, -0.1) is 0 Å². The maximum atomic E-state index is 13.4. The third-order valence-corrected chi connectivity index (χ3v) is 5.38. The van der Waals surface area contributed by atoms with Gasteiger partial charge in [0.15, 0.2) is 12.6 Å². The van der Waals surface area contributed by atoms with Crippen LogP contribution in [0, 0.1) is 5.82 Å². The number of benzene rings is 2. The van der Waals surface area contributed by atoms with E-state index >= 15 is 0 Å². The van der Waals surface area contributed by atoms with E-state index in [4.69, 9.17) is 4.74 Å².